The molecule has 8 heteroatoms. The van der Waals surface area contributed by atoms with Gasteiger partial charge in [-0.25, -0.2) is 13.1 Å². The molecule has 1 amide bonds. The monoisotopic (exact) mass is 508 g/mol. The number of sulfonamides is 1. The summed E-state index contributed by atoms with van der Waals surface area (Å²) >= 11 is 0. The highest BCUT2D eigenvalue weighted by atomic mass is 32.2. The van der Waals surface area contributed by atoms with Crippen LogP contribution in [0.1, 0.15) is 60.3 Å². The van der Waals surface area contributed by atoms with E-state index < -0.39 is 22.2 Å². The van der Waals surface area contributed by atoms with E-state index in [4.69, 9.17) is 4.74 Å². The van der Waals surface area contributed by atoms with E-state index in [0.29, 0.717) is 35.4 Å². The van der Waals surface area contributed by atoms with Gasteiger partial charge >= 0.3 is 0 Å². The molecule has 0 saturated heterocycles. The number of nitrogens with one attached hydrogen (secondary N) is 2. The van der Waals surface area contributed by atoms with Gasteiger partial charge in [-0.05, 0) is 77.4 Å². The summed E-state index contributed by atoms with van der Waals surface area (Å²) in [4.78, 5) is 12.9. The van der Waals surface area contributed by atoms with Gasteiger partial charge in [-0.3, -0.25) is 4.79 Å². The highest BCUT2D eigenvalue weighted by Crippen LogP contribution is 2.34. The molecule has 36 heavy (non-hydrogen) atoms. The lowest BCUT2D eigenvalue weighted by molar-refractivity contribution is 0.102. The number of aliphatic hydroxyl groups excluding tert-OH is 1. The molecule has 190 valence electrons. The molecule has 2 atom stereocenters. The second-order valence-corrected chi connectivity index (χ2v) is 11.8. The van der Waals surface area contributed by atoms with Crippen LogP contribution in [0, 0.1) is 0 Å². The smallest absolute Gasteiger partial charge is 0.255 e. The Balaban J connectivity index is 1.59. The first-order valence-corrected chi connectivity index (χ1v) is 13.4. The van der Waals surface area contributed by atoms with Crippen LogP contribution in [0.5, 0.6) is 5.75 Å². The van der Waals surface area contributed by atoms with Crippen LogP contribution in [-0.2, 0) is 21.9 Å². The quantitative estimate of drug-likeness (QED) is 0.452. The molecule has 1 aliphatic rings. The van der Waals surface area contributed by atoms with E-state index in [0.717, 1.165) is 11.1 Å². The lowest BCUT2D eigenvalue weighted by Crippen LogP contribution is -2.39. The van der Waals surface area contributed by atoms with Crippen molar-refractivity contribution >= 4 is 21.6 Å². The highest BCUT2D eigenvalue weighted by molar-refractivity contribution is 7.89. The number of ether oxygens (including phenoxy) is 1. The van der Waals surface area contributed by atoms with Gasteiger partial charge in [0, 0.05) is 11.3 Å². The van der Waals surface area contributed by atoms with Gasteiger partial charge in [-0.2, -0.15) is 0 Å². The number of aliphatic hydroxyl groups is 1. The Hall–Kier alpha value is -3.20. The second-order valence-electron chi connectivity index (χ2n) is 10.1. The van der Waals surface area contributed by atoms with Crippen LogP contribution in [0.15, 0.2) is 71.6 Å². The fourth-order valence-corrected chi connectivity index (χ4v) is 5.59. The van der Waals surface area contributed by atoms with Gasteiger partial charge in [0.1, 0.15) is 5.75 Å². The molecule has 0 fully saturated rings. The van der Waals surface area contributed by atoms with Gasteiger partial charge in [-0.15, -0.1) is 0 Å². The third-order valence-corrected chi connectivity index (χ3v) is 7.93. The average Bonchev–Trinajstić information content (AvgIpc) is 2.85. The van der Waals surface area contributed by atoms with E-state index >= 15 is 0 Å². The number of hydrogen-bond acceptors (Lipinski definition) is 5. The van der Waals surface area contributed by atoms with Crippen LogP contribution in [0.2, 0.25) is 0 Å². The minimum Gasteiger partial charge on any atom is -0.497 e. The fourth-order valence-electron chi connectivity index (χ4n) is 4.35. The molecule has 0 saturated carbocycles. The van der Waals surface area contributed by atoms with Crippen LogP contribution in [0.4, 0.5) is 5.69 Å². The summed E-state index contributed by atoms with van der Waals surface area (Å²) in [6.07, 6.45) is 0.142. The minimum absolute atomic E-state index is 0.0973. The van der Waals surface area contributed by atoms with Crippen molar-refractivity contribution in [3.63, 3.8) is 0 Å². The molecule has 0 heterocycles. The molecule has 0 radical (unpaired) electrons. The third kappa shape index (κ3) is 5.61. The SMILES string of the molecule is COc1cccc(C(=O)Nc2ccc3c(c2)C(NS(=O)(=O)c2ccc(C(C)(C)C)cc2)C(O)CC3)c1. The van der Waals surface area contributed by atoms with Crippen molar-refractivity contribution in [1.82, 2.24) is 4.72 Å². The average molecular weight is 509 g/mol. The van der Waals surface area contributed by atoms with Gasteiger partial charge in [0.05, 0.1) is 24.2 Å². The predicted molar refractivity (Wildman–Crippen MR) is 140 cm³/mol. The Labute approximate surface area is 212 Å². The van der Waals surface area contributed by atoms with E-state index in [2.05, 4.69) is 30.8 Å². The van der Waals surface area contributed by atoms with Crippen molar-refractivity contribution in [2.45, 2.75) is 56.1 Å². The molecule has 3 aromatic carbocycles. The minimum atomic E-state index is -3.90. The van der Waals surface area contributed by atoms with Gasteiger partial charge in [0.15, 0.2) is 0 Å². The summed E-state index contributed by atoms with van der Waals surface area (Å²) in [5.41, 5.74) is 3.45. The molecule has 7 nitrogen and oxygen atoms in total. The summed E-state index contributed by atoms with van der Waals surface area (Å²) in [6.45, 7) is 6.19. The van der Waals surface area contributed by atoms with Gasteiger partial charge in [-0.1, -0.05) is 45.0 Å². The zero-order chi connectivity index (χ0) is 26.1. The van der Waals surface area contributed by atoms with Crippen molar-refractivity contribution in [3.05, 3.63) is 89.0 Å². The number of anilines is 1. The first-order chi connectivity index (χ1) is 17.0. The zero-order valence-corrected chi connectivity index (χ0v) is 21.7. The van der Waals surface area contributed by atoms with Crippen molar-refractivity contribution < 1.29 is 23.1 Å². The molecule has 0 bridgehead atoms. The number of carbonyl (C=O) groups excluding carboxylic acids is 1. The summed E-state index contributed by atoms with van der Waals surface area (Å²) in [7, 11) is -2.36. The van der Waals surface area contributed by atoms with E-state index in [-0.39, 0.29) is 16.2 Å². The standard InChI is InChI=1S/C28H32N2O5S/c1-28(2,3)20-10-13-23(14-11-20)36(33,34)30-26-24-17-21(12-8-18(24)9-15-25(26)31)29-27(32)19-6-5-7-22(16-19)35-4/h5-8,10-14,16-17,25-26,30-31H,9,15H2,1-4H3,(H,29,32). The molecular weight excluding hydrogens is 476 g/mol. The zero-order valence-electron chi connectivity index (χ0n) is 20.9. The number of aryl methyl sites for hydroxylation is 1. The molecular formula is C28H32N2O5S. The topological polar surface area (TPSA) is 105 Å². The summed E-state index contributed by atoms with van der Waals surface area (Å²) in [5, 5.41) is 13.6. The number of carbonyl (C=O) groups is 1. The van der Waals surface area contributed by atoms with E-state index in [1.165, 1.54) is 7.11 Å². The number of hydrogen-bond donors (Lipinski definition) is 3. The number of amides is 1. The predicted octanol–water partition coefficient (Wildman–Crippen LogP) is 4.57. The number of methoxy groups -OCH3 is 1. The Kier molecular flexibility index (Phi) is 7.22. The number of rotatable bonds is 6. The molecule has 3 aromatic rings. The van der Waals surface area contributed by atoms with Crippen LogP contribution in [0.25, 0.3) is 0 Å². The Morgan fingerprint density at radius 3 is 2.42 bits per heavy atom. The van der Waals surface area contributed by atoms with E-state index in [1.54, 1.807) is 48.5 Å². The number of benzene rings is 3. The van der Waals surface area contributed by atoms with Crippen molar-refractivity contribution in [3.8, 4) is 5.75 Å². The van der Waals surface area contributed by atoms with Crippen molar-refractivity contribution in [1.29, 1.82) is 0 Å². The lowest BCUT2D eigenvalue weighted by atomic mass is 9.86. The molecule has 2 unspecified atom stereocenters. The maximum absolute atomic E-state index is 13.2. The molecule has 0 aromatic heterocycles. The van der Waals surface area contributed by atoms with Crippen LogP contribution < -0.4 is 14.8 Å². The van der Waals surface area contributed by atoms with Crippen molar-refractivity contribution in [2.24, 2.45) is 0 Å². The van der Waals surface area contributed by atoms with E-state index in [9.17, 15) is 18.3 Å². The van der Waals surface area contributed by atoms with Gasteiger partial charge in [0.25, 0.3) is 5.91 Å². The lowest BCUT2D eigenvalue weighted by Gasteiger charge is -2.31. The summed E-state index contributed by atoms with van der Waals surface area (Å²) < 4.78 is 34.3. The maximum Gasteiger partial charge on any atom is 0.255 e. The Bertz CT molecular complexity index is 1360. The summed E-state index contributed by atoms with van der Waals surface area (Å²) in [6, 6.07) is 18.1. The first-order valence-electron chi connectivity index (χ1n) is 11.9. The van der Waals surface area contributed by atoms with Crippen molar-refractivity contribution in [2.75, 3.05) is 12.4 Å². The summed E-state index contributed by atoms with van der Waals surface area (Å²) in [5.74, 6) is 0.252. The van der Waals surface area contributed by atoms with Crippen LogP contribution >= 0.6 is 0 Å². The third-order valence-electron chi connectivity index (χ3n) is 6.48. The highest BCUT2D eigenvalue weighted by Gasteiger charge is 2.32. The largest absolute Gasteiger partial charge is 0.497 e. The Morgan fingerprint density at radius 1 is 1.03 bits per heavy atom. The van der Waals surface area contributed by atoms with Crippen LogP contribution in [-0.4, -0.2) is 32.6 Å². The van der Waals surface area contributed by atoms with Gasteiger partial charge in [0.2, 0.25) is 10.0 Å². The fraction of sp³-hybridized carbons (Fsp3) is 0.321. The second kappa shape index (κ2) is 10.0. The van der Waals surface area contributed by atoms with Crippen LogP contribution in [0.3, 0.4) is 0 Å². The van der Waals surface area contributed by atoms with Gasteiger partial charge < -0.3 is 15.2 Å². The number of fused-ring (bicyclic) bond motifs is 1. The molecule has 4 rings (SSSR count). The maximum atomic E-state index is 13.2. The molecule has 0 aliphatic heterocycles. The molecule has 1 aliphatic carbocycles. The first kappa shape index (κ1) is 25.9. The molecule has 0 spiro atoms. The Morgan fingerprint density at radius 2 is 1.75 bits per heavy atom. The molecule has 3 N–H and O–H groups in total. The normalized spacial score (nSPS) is 17.8. The van der Waals surface area contributed by atoms with E-state index in [1.807, 2.05) is 18.2 Å².